The molecule has 0 aliphatic carbocycles. The zero-order valence-corrected chi connectivity index (χ0v) is 26.0. The van der Waals surface area contributed by atoms with Crippen LogP contribution in [0, 0.1) is 0 Å². The van der Waals surface area contributed by atoms with E-state index in [0.29, 0.717) is 5.56 Å². The number of esters is 1. The van der Waals surface area contributed by atoms with Gasteiger partial charge in [-0.05, 0) is 6.92 Å². The predicted octanol–water partition coefficient (Wildman–Crippen LogP) is 6.22. The van der Waals surface area contributed by atoms with Crippen LogP contribution in [0.2, 0.25) is 0 Å². The van der Waals surface area contributed by atoms with Crippen LogP contribution in [-0.4, -0.2) is 66.6 Å². The van der Waals surface area contributed by atoms with Gasteiger partial charge in [-0.25, -0.2) is 14.8 Å². The molecule has 0 saturated heterocycles. The summed E-state index contributed by atoms with van der Waals surface area (Å²) in [6.45, 7) is 0.510. The number of amides is 1. The second-order valence-electron chi connectivity index (χ2n) is 10.3. The summed E-state index contributed by atoms with van der Waals surface area (Å²) >= 11 is 0. The highest BCUT2D eigenvalue weighted by molar-refractivity contribution is 6.05. The van der Waals surface area contributed by atoms with Crippen LogP contribution in [0.5, 0.6) is 11.5 Å². The summed E-state index contributed by atoms with van der Waals surface area (Å²) in [7, 11) is 0. The number of rotatable bonds is 7. The van der Waals surface area contributed by atoms with Gasteiger partial charge in [-0.15, -0.1) is 0 Å². The van der Waals surface area contributed by atoms with Gasteiger partial charge in [0.25, 0.3) is 5.91 Å². The number of ether oxygens (including phenoxy) is 1. The molecule has 0 aliphatic heterocycles. The maximum Gasteiger partial charge on any atom is 0.434 e. The second kappa shape index (κ2) is 14.2. The Bertz CT molecular complexity index is 2290. The van der Waals surface area contributed by atoms with Crippen molar-refractivity contribution >= 4 is 39.8 Å². The lowest BCUT2D eigenvalue weighted by molar-refractivity contribution is -0.140. The molecule has 0 saturated carbocycles. The Hall–Kier alpha value is -6.73. The molecule has 0 atom stereocenters. The number of aliphatic carboxylic acids is 1. The lowest BCUT2D eigenvalue weighted by atomic mass is 10.1. The Morgan fingerprint density at radius 1 is 0.731 bits per heavy atom. The molecule has 4 heterocycles. The fraction of sp³-hybridized carbons (Fsp3) is 0.156. The number of carboxylic acid groups (broad SMARTS) is 1. The minimum Gasteiger partial charge on any atom is -0.503 e. The molecule has 4 N–H and O–H groups in total. The second-order valence-corrected chi connectivity index (χ2v) is 10.3. The Labute approximate surface area is 285 Å². The summed E-state index contributed by atoms with van der Waals surface area (Å²) in [5.41, 5.74) is -5.76. The average Bonchev–Trinajstić information content (AvgIpc) is 3.74. The maximum absolute atomic E-state index is 13.5. The third-order valence-electron chi connectivity index (χ3n) is 6.90. The van der Waals surface area contributed by atoms with Crippen molar-refractivity contribution in [1.29, 1.82) is 0 Å². The smallest absolute Gasteiger partial charge is 0.434 e. The van der Waals surface area contributed by atoms with E-state index in [0.717, 1.165) is 0 Å². The molecule has 0 fully saturated rings. The first kappa shape index (κ1) is 36.5. The largest absolute Gasteiger partial charge is 0.503 e. The van der Waals surface area contributed by atoms with Crippen molar-refractivity contribution in [3.8, 4) is 34.0 Å². The molecule has 6 aromatic rings. The lowest BCUT2D eigenvalue weighted by Crippen LogP contribution is -2.30. The summed E-state index contributed by atoms with van der Waals surface area (Å²) in [4.78, 5) is 40.8. The molecule has 0 radical (unpaired) electrons. The van der Waals surface area contributed by atoms with Crippen molar-refractivity contribution in [2.24, 2.45) is 0 Å². The number of halogens is 6. The fourth-order valence-electron chi connectivity index (χ4n) is 4.74. The minimum absolute atomic E-state index is 0.0923. The SMILES string of the molecule is CCOC(=O)c1nc(C(F)(F)F)c2c(-c3ccccc3)noc2c1O.O=C(O)CNC(=O)c1nc(C(F)(F)F)c2c(-c3ccccc3)noc2c1O. The lowest BCUT2D eigenvalue weighted by Gasteiger charge is -2.11. The van der Waals surface area contributed by atoms with E-state index in [4.69, 9.17) is 14.2 Å². The van der Waals surface area contributed by atoms with Gasteiger partial charge in [0.1, 0.15) is 17.9 Å². The van der Waals surface area contributed by atoms with Crippen molar-refractivity contribution in [2.75, 3.05) is 13.2 Å². The van der Waals surface area contributed by atoms with E-state index in [2.05, 4.69) is 25.0 Å². The molecule has 0 spiro atoms. The topological polar surface area (TPSA) is 211 Å². The van der Waals surface area contributed by atoms with Crippen LogP contribution in [0.4, 0.5) is 26.3 Å². The average molecular weight is 734 g/mol. The molecule has 20 heteroatoms. The van der Waals surface area contributed by atoms with Crippen molar-refractivity contribution in [3.63, 3.8) is 0 Å². The van der Waals surface area contributed by atoms with Gasteiger partial charge in [-0.2, -0.15) is 26.3 Å². The summed E-state index contributed by atoms with van der Waals surface area (Å²) in [6.07, 6.45) is -9.90. The Morgan fingerprint density at radius 2 is 1.15 bits per heavy atom. The summed E-state index contributed by atoms with van der Waals surface area (Å²) in [5, 5.41) is 36.7. The number of carbonyl (C=O) groups excluding carboxylic acids is 2. The zero-order valence-electron chi connectivity index (χ0n) is 26.0. The van der Waals surface area contributed by atoms with E-state index >= 15 is 0 Å². The van der Waals surface area contributed by atoms with E-state index in [-0.39, 0.29) is 23.6 Å². The first-order chi connectivity index (χ1) is 24.5. The van der Waals surface area contributed by atoms with Crippen LogP contribution >= 0.6 is 0 Å². The number of carboxylic acids is 1. The van der Waals surface area contributed by atoms with Crippen molar-refractivity contribution in [2.45, 2.75) is 19.3 Å². The molecule has 14 nitrogen and oxygen atoms in total. The molecule has 0 unspecified atom stereocenters. The van der Waals surface area contributed by atoms with E-state index in [1.807, 2.05) is 5.32 Å². The minimum atomic E-state index is -5.00. The first-order valence-corrected chi connectivity index (χ1v) is 14.5. The number of benzene rings is 2. The highest BCUT2D eigenvalue weighted by Gasteiger charge is 2.41. The molecule has 52 heavy (non-hydrogen) atoms. The summed E-state index contributed by atoms with van der Waals surface area (Å²) in [5.74, 6) is -5.75. The zero-order chi connectivity index (χ0) is 38.0. The van der Waals surface area contributed by atoms with Crippen molar-refractivity contribution in [1.82, 2.24) is 25.6 Å². The number of aromatic nitrogens is 4. The van der Waals surface area contributed by atoms with Gasteiger partial charge < -0.3 is 34.4 Å². The Morgan fingerprint density at radius 3 is 1.56 bits per heavy atom. The molecular weight excluding hydrogens is 712 g/mol. The van der Waals surface area contributed by atoms with Gasteiger partial charge in [0.2, 0.25) is 11.2 Å². The monoisotopic (exact) mass is 733 g/mol. The molecule has 1 amide bonds. The maximum atomic E-state index is 13.5. The highest BCUT2D eigenvalue weighted by atomic mass is 19.4. The van der Waals surface area contributed by atoms with E-state index in [1.54, 1.807) is 36.4 Å². The van der Waals surface area contributed by atoms with Crippen LogP contribution in [0.15, 0.2) is 69.7 Å². The van der Waals surface area contributed by atoms with Crippen LogP contribution in [-0.2, 0) is 21.9 Å². The van der Waals surface area contributed by atoms with E-state index < -0.39 is 93.0 Å². The quantitative estimate of drug-likeness (QED) is 0.106. The van der Waals surface area contributed by atoms with Crippen LogP contribution in [0.1, 0.15) is 39.3 Å². The number of hydrogen-bond acceptors (Lipinski definition) is 12. The van der Waals surface area contributed by atoms with E-state index in [9.17, 15) is 50.9 Å². The van der Waals surface area contributed by atoms with E-state index in [1.165, 1.54) is 31.2 Å². The van der Waals surface area contributed by atoms with Crippen LogP contribution in [0.25, 0.3) is 44.5 Å². The number of carbonyl (C=O) groups is 3. The molecule has 6 rings (SSSR count). The van der Waals surface area contributed by atoms with Gasteiger partial charge in [0.15, 0.2) is 34.3 Å². The van der Waals surface area contributed by atoms with Gasteiger partial charge in [0, 0.05) is 11.1 Å². The van der Waals surface area contributed by atoms with Crippen LogP contribution in [0.3, 0.4) is 0 Å². The molecular formula is C32H21F6N5O9. The number of nitrogens with one attached hydrogen (secondary N) is 1. The number of pyridine rings is 2. The Kier molecular flexibility index (Phi) is 10.0. The number of hydrogen-bond donors (Lipinski definition) is 4. The molecule has 2 aromatic carbocycles. The molecule has 270 valence electrons. The van der Waals surface area contributed by atoms with Gasteiger partial charge in [0.05, 0.1) is 17.4 Å². The highest BCUT2D eigenvalue weighted by Crippen LogP contribution is 2.44. The standard InChI is InChI=1S/C16H10F3N3O5.C16H11F3N2O4/c17-16(18,19)14-9-10(7-4-2-1-3-5-7)22-27-13(9)12(25)11(21-14)15(26)20-6-8(23)24;1-2-24-15(23)11-12(22)13-9(14(20-11)16(17,18)19)10(21-25-13)8-6-4-3-5-7-8/h1-5,25H,6H2,(H,20,26)(H,23,24);3-7,22H,2H2,1H3. The third-order valence-corrected chi connectivity index (χ3v) is 6.90. The van der Waals surface area contributed by atoms with Gasteiger partial charge >= 0.3 is 24.3 Å². The predicted molar refractivity (Wildman–Crippen MR) is 164 cm³/mol. The Balaban J connectivity index is 0.000000202. The normalized spacial score (nSPS) is 11.6. The molecule has 0 aliphatic rings. The number of alkyl halides is 6. The van der Waals surface area contributed by atoms with Crippen LogP contribution < -0.4 is 5.32 Å². The third kappa shape index (κ3) is 7.25. The van der Waals surface area contributed by atoms with Crippen molar-refractivity contribution in [3.05, 3.63) is 83.4 Å². The van der Waals surface area contributed by atoms with Crippen molar-refractivity contribution < 1.29 is 69.8 Å². The summed E-state index contributed by atoms with van der Waals surface area (Å²) in [6, 6.07) is 15.8. The number of nitrogens with zero attached hydrogens (tertiary/aromatic N) is 4. The summed E-state index contributed by atoms with van der Waals surface area (Å²) < 4.78 is 95.4. The first-order valence-electron chi connectivity index (χ1n) is 14.5. The number of aromatic hydroxyl groups is 2. The van der Waals surface area contributed by atoms with Gasteiger partial charge in [-0.3, -0.25) is 9.59 Å². The molecule has 0 bridgehead atoms. The molecule has 4 aromatic heterocycles. The van der Waals surface area contributed by atoms with Gasteiger partial charge in [-0.1, -0.05) is 71.0 Å². The number of fused-ring (bicyclic) bond motifs is 2. The fourth-order valence-corrected chi connectivity index (χ4v) is 4.74.